The molecule has 0 radical (unpaired) electrons. The number of nitrogens with zero attached hydrogens (tertiary/aromatic N) is 3. The largest absolute Gasteiger partial charge is 0.370 e. The molecule has 0 spiro atoms. The van der Waals surface area contributed by atoms with Gasteiger partial charge in [0, 0.05) is 35.3 Å². The van der Waals surface area contributed by atoms with Crippen molar-refractivity contribution in [3.05, 3.63) is 82.5 Å². The van der Waals surface area contributed by atoms with E-state index in [0.717, 1.165) is 46.8 Å². The molecule has 2 aromatic carbocycles. The molecule has 6 heteroatoms. The van der Waals surface area contributed by atoms with Crippen molar-refractivity contribution in [3.8, 4) is 11.3 Å². The topological polar surface area (TPSA) is 68.2 Å². The van der Waals surface area contributed by atoms with Crippen LogP contribution in [0.2, 0.25) is 5.02 Å². The number of fused-ring (bicyclic) bond motifs is 1. The molecule has 2 heterocycles. The van der Waals surface area contributed by atoms with Gasteiger partial charge in [0.05, 0.1) is 11.9 Å². The van der Waals surface area contributed by atoms with Gasteiger partial charge in [-0.3, -0.25) is 0 Å². The summed E-state index contributed by atoms with van der Waals surface area (Å²) in [5.41, 5.74) is 11.7. The molecule has 0 fully saturated rings. The SMILES string of the molecule is Cc1cnn2c(NCCc3ccc(CN)cc3)cc(-c3ccccc3Cl)nc12. The maximum atomic E-state index is 6.39. The van der Waals surface area contributed by atoms with Gasteiger partial charge >= 0.3 is 0 Å². The average Bonchev–Trinajstić information content (AvgIpc) is 3.10. The zero-order valence-electron chi connectivity index (χ0n) is 15.7. The van der Waals surface area contributed by atoms with Gasteiger partial charge in [0.1, 0.15) is 5.82 Å². The summed E-state index contributed by atoms with van der Waals surface area (Å²) in [6.45, 7) is 3.35. The smallest absolute Gasteiger partial charge is 0.160 e. The van der Waals surface area contributed by atoms with Crippen molar-refractivity contribution in [3.63, 3.8) is 0 Å². The first kappa shape index (κ1) is 18.5. The normalized spacial score (nSPS) is 11.1. The van der Waals surface area contributed by atoms with Crippen LogP contribution in [0.4, 0.5) is 5.82 Å². The minimum Gasteiger partial charge on any atom is -0.370 e. The van der Waals surface area contributed by atoms with Gasteiger partial charge in [0.2, 0.25) is 0 Å². The Kier molecular flexibility index (Phi) is 5.28. The predicted molar refractivity (Wildman–Crippen MR) is 115 cm³/mol. The van der Waals surface area contributed by atoms with Crippen molar-refractivity contribution in [2.24, 2.45) is 5.73 Å². The van der Waals surface area contributed by atoms with Crippen LogP contribution < -0.4 is 11.1 Å². The van der Waals surface area contributed by atoms with Gasteiger partial charge in [-0.1, -0.05) is 54.1 Å². The quantitative estimate of drug-likeness (QED) is 0.508. The number of nitrogens with two attached hydrogens (primary N) is 1. The van der Waals surface area contributed by atoms with E-state index in [0.29, 0.717) is 11.6 Å². The second-order valence-corrected chi connectivity index (χ2v) is 7.17. The number of rotatable bonds is 6. The van der Waals surface area contributed by atoms with Crippen LogP contribution in [-0.2, 0) is 13.0 Å². The highest BCUT2D eigenvalue weighted by Crippen LogP contribution is 2.29. The first-order chi connectivity index (χ1) is 13.7. The zero-order valence-corrected chi connectivity index (χ0v) is 16.4. The number of aryl methyl sites for hydroxylation is 1. The number of aromatic nitrogens is 3. The molecule has 5 nitrogen and oxygen atoms in total. The van der Waals surface area contributed by atoms with Crippen LogP contribution in [0, 0.1) is 6.92 Å². The Morgan fingerprint density at radius 3 is 2.57 bits per heavy atom. The van der Waals surface area contributed by atoms with E-state index in [1.54, 1.807) is 0 Å². The summed E-state index contributed by atoms with van der Waals surface area (Å²) in [4.78, 5) is 4.78. The molecule has 142 valence electrons. The fourth-order valence-electron chi connectivity index (χ4n) is 3.18. The highest BCUT2D eigenvalue weighted by atomic mass is 35.5. The van der Waals surface area contributed by atoms with Gasteiger partial charge in [0.25, 0.3) is 0 Å². The number of anilines is 1. The number of halogens is 1. The van der Waals surface area contributed by atoms with Crippen LogP contribution in [0.15, 0.2) is 60.8 Å². The molecular formula is C22H22ClN5. The highest BCUT2D eigenvalue weighted by molar-refractivity contribution is 6.33. The van der Waals surface area contributed by atoms with E-state index < -0.39 is 0 Å². The van der Waals surface area contributed by atoms with Crippen molar-refractivity contribution >= 4 is 23.1 Å². The van der Waals surface area contributed by atoms with E-state index in [1.807, 2.05) is 48.0 Å². The molecule has 3 N–H and O–H groups in total. The van der Waals surface area contributed by atoms with Crippen LogP contribution in [0.3, 0.4) is 0 Å². The minimum atomic E-state index is 0.566. The third-order valence-electron chi connectivity index (χ3n) is 4.78. The Hall–Kier alpha value is -2.89. The second-order valence-electron chi connectivity index (χ2n) is 6.77. The average molecular weight is 392 g/mol. The minimum absolute atomic E-state index is 0.566. The molecule has 0 saturated heterocycles. The fraction of sp³-hybridized carbons (Fsp3) is 0.182. The molecule has 2 aromatic heterocycles. The summed E-state index contributed by atoms with van der Waals surface area (Å²) in [6.07, 6.45) is 2.73. The lowest BCUT2D eigenvalue weighted by Gasteiger charge is -2.12. The Bertz CT molecular complexity index is 1100. The summed E-state index contributed by atoms with van der Waals surface area (Å²) >= 11 is 6.39. The van der Waals surface area contributed by atoms with Crippen molar-refractivity contribution in [2.45, 2.75) is 19.9 Å². The summed E-state index contributed by atoms with van der Waals surface area (Å²) in [5, 5.41) is 8.65. The second kappa shape index (κ2) is 8.00. The number of hydrogen-bond donors (Lipinski definition) is 2. The summed E-state index contributed by atoms with van der Waals surface area (Å²) in [6, 6.07) is 18.1. The van der Waals surface area contributed by atoms with Gasteiger partial charge in [-0.15, -0.1) is 0 Å². The van der Waals surface area contributed by atoms with Crippen LogP contribution >= 0.6 is 11.6 Å². The summed E-state index contributed by atoms with van der Waals surface area (Å²) in [5.74, 6) is 0.895. The van der Waals surface area contributed by atoms with Crippen LogP contribution in [-0.4, -0.2) is 21.1 Å². The van der Waals surface area contributed by atoms with Crippen molar-refractivity contribution in [1.29, 1.82) is 0 Å². The van der Waals surface area contributed by atoms with Crippen LogP contribution in [0.1, 0.15) is 16.7 Å². The van der Waals surface area contributed by atoms with E-state index >= 15 is 0 Å². The molecule has 4 rings (SSSR count). The Morgan fingerprint density at radius 1 is 1.07 bits per heavy atom. The van der Waals surface area contributed by atoms with Crippen molar-refractivity contribution in [1.82, 2.24) is 14.6 Å². The molecule has 0 amide bonds. The van der Waals surface area contributed by atoms with Crippen molar-refractivity contribution < 1.29 is 0 Å². The Labute approximate surface area is 169 Å². The van der Waals surface area contributed by atoms with Gasteiger partial charge in [-0.2, -0.15) is 9.61 Å². The van der Waals surface area contributed by atoms with Crippen molar-refractivity contribution in [2.75, 3.05) is 11.9 Å². The number of benzene rings is 2. The molecule has 0 atom stereocenters. The van der Waals surface area contributed by atoms with E-state index in [2.05, 4.69) is 34.7 Å². The van der Waals surface area contributed by atoms with Crippen LogP contribution in [0.5, 0.6) is 0 Å². The van der Waals surface area contributed by atoms with Gasteiger partial charge in [-0.05, 0) is 30.5 Å². The molecule has 0 aliphatic heterocycles. The van der Waals surface area contributed by atoms with Gasteiger partial charge in [-0.25, -0.2) is 4.98 Å². The molecule has 28 heavy (non-hydrogen) atoms. The van der Waals surface area contributed by atoms with E-state index in [1.165, 1.54) is 5.56 Å². The molecule has 0 aliphatic carbocycles. The van der Waals surface area contributed by atoms with Crippen LogP contribution in [0.25, 0.3) is 16.9 Å². The third-order valence-corrected chi connectivity index (χ3v) is 5.11. The Balaban J connectivity index is 1.61. The van der Waals surface area contributed by atoms with E-state index in [9.17, 15) is 0 Å². The lowest BCUT2D eigenvalue weighted by molar-refractivity contribution is 0.914. The standard InChI is InChI=1S/C22H22ClN5/c1-15-14-26-28-21(25-11-10-16-6-8-17(13-24)9-7-16)12-20(27-22(15)28)18-4-2-3-5-19(18)23/h2-9,12,14,25H,10-11,13,24H2,1H3. The van der Waals surface area contributed by atoms with E-state index in [4.69, 9.17) is 22.3 Å². The lowest BCUT2D eigenvalue weighted by Crippen LogP contribution is -2.10. The predicted octanol–water partition coefficient (Wildman–Crippen LogP) is 4.47. The van der Waals surface area contributed by atoms with Gasteiger partial charge in [0.15, 0.2) is 5.65 Å². The fourth-order valence-corrected chi connectivity index (χ4v) is 3.41. The first-order valence-corrected chi connectivity index (χ1v) is 9.65. The third kappa shape index (κ3) is 3.72. The number of nitrogens with one attached hydrogen (secondary N) is 1. The maximum absolute atomic E-state index is 6.39. The molecule has 0 unspecified atom stereocenters. The maximum Gasteiger partial charge on any atom is 0.160 e. The molecule has 0 aliphatic rings. The molecule has 0 bridgehead atoms. The summed E-state index contributed by atoms with van der Waals surface area (Å²) in [7, 11) is 0. The van der Waals surface area contributed by atoms with E-state index in [-0.39, 0.29) is 0 Å². The first-order valence-electron chi connectivity index (χ1n) is 9.28. The monoisotopic (exact) mass is 391 g/mol. The molecule has 0 saturated carbocycles. The Morgan fingerprint density at radius 2 is 1.82 bits per heavy atom. The summed E-state index contributed by atoms with van der Waals surface area (Å²) < 4.78 is 1.84. The number of hydrogen-bond acceptors (Lipinski definition) is 4. The van der Waals surface area contributed by atoms with Gasteiger partial charge < -0.3 is 11.1 Å². The molecule has 4 aromatic rings. The highest BCUT2D eigenvalue weighted by Gasteiger charge is 2.12. The lowest BCUT2D eigenvalue weighted by atomic mass is 10.1. The molecular weight excluding hydrogens is 370 g/mol. The zero-order chi connectivity index (χ0) is 19.5.